The molecular formula is C29H40N2O. The Labute approximate surface area is 194 Å². The minimum absolute atomic E-state index is 0.000408. The largest absolute Gasteiger partial charge is 0.349 e. The van der Waals surface area contributed by atoms with Gasteiger partial charge >= 0.3 is 0 Å². The maximum atomic E-state index is 12.9. The molecule has 4 saturated carbocycles. The van der Waals surface area contributed by atoms with Crippen LogP contribution in [0, 0.1) is 58.2 Å². The molecule has 4 aliphatic carbocycles. The van der Waals surface area contributed by atoms with E-state index in [0.717, 1.165) is 35.5 Å². The van der Waals surface area contributed by atoms with Gasteiger partial charge in [0.1, 0.15) is 0 Å². The first kappa shape index (κ1) is 22.0. The van der Waals surface area contributed by atoms with Gasteiger partial charge in [0.2, 0.25) is 0 Å². The van der Waals surface area contributed by atoms with E-state index in [9.17, 15) is 4.79 Å². The van der Waals surface area contributed by atoms with Crippen molar-refractivity contribution in [1.82, 2.24) is 5.32 Å². The molecule has 1 aromatic carbocycles. The molecule has 3 nitrogen and oxygen atoms in total. The van der Waals surface area contributed by atoms with Gasteiger partial charge in [0.25, 0.3) is 5.91 Å². The fourth-order valence-electron chi connectivity index (χ4n) is 9.04. The molecule has 0 spiro atoms. The number of carbonyl (C=O) groups is 1. The molecule has 4 aliphatic rings. The predicted octanol–water partition coefficient (Wildman–Crippen LogP) is 6.58. The fourth-order valence-corrected chi connectivity index (χ4v) is 9.04. The third-order valence-electron chi connectivity index (χ3n) is 10.5. The van der Waals surface area contributed by atoms with Crippen LogP contribution in [0.15, 0.2) is 24.3 Å². The van der Waals surface area contributed by atoms with Gasteiger partial charge in [-0.3, -0.25) is 4.79 Å². The zero-order valence-corrected chi connectivity index (χ0v) is 20.1. The SMILES string of the molecule is C[C@H]1CC[C@@H]2C3CC[C@@]4(C)C(CCC4[C@@H](C)NC(=O)c4ccc(C#N)cc4)[C@@H]3CC[C@@H]2C1. The Hall–Kier alpha value is -1.82. The average molecular weight is 433 g/mol. The van der Waals surface area contributed by atoms with Crippen molar-refractivity contribution in [1.29, 1.82) is 5.26 Å². The molecule has 0 aliphatic heterocycles. The number of benzene rings is 1. The predicted molar refractivity (Wildman–Crippen MR) is 128 cm³/mol. The van der Waals surface area contributed by atoms with Crippen LogP contribution in [-0.4, -0.2) is 11.9 Å². The van der Waals surface area contributed by atoms with Gasteiger partial charge < -0.3 is 5.32 Å². The van der Waals surface area contributed by atoms with E-state index in [1.807, 2.05) is 0 Å². The molecule has 1 N–H and O–H groups in total. The Bertz CT molecular complexity index is 885. The Balaban J connectivity index is 1.27. The molecule has 1 amide bonds. The Kier molecular flexibility index (Phi) is 5.85. The third-order valence-corrected chi connectivity index (χ3v) is 10.5. The minimum Gasteiger partial charge on any atom is -0.349 e. The van der Waals surface area contributed by atoms with Crippen LogP contribution >= 0.6 is 0 Å². The number of hydrogen-bond donors (Lipinski definition) is 1. The number of nitrogens with one attached hydrogen (secondary N) is 1. The summed E-state index contributed by atoms with van der Waals surface area (Å²) in [6.45, 7) is 7.26. The van der Waals surface area contributed by atoms with Crippen LogP contribution in [0.2, 0.25) is 0 Å². The standard InChI is InChI=1S/C29H40N2O/c1-18-4-10-23-22(16-18)9-11-25-24(23)14-15-29(3)26(12-13-27(25)29)19(2)31-28(32)21-7-5-20(17-30)6-8-21/h5-8,18-19,22-27H,4,9-16H2,1-3H3,(H,31,32)/t18-,19+,22+,23-,24?,25+,26?,27?,29+/m0/s1. The first-order chi connectivity index (χ1) is 15.4. The topological polar surface area (TPSA) is 52.9 Å². The summed E-state index contributed by atoms with van der Waals surface area (Å²) in [6, 6.07) is 9.33. The van der Waals surface area contributed by atoms with Crippen molar-refractivity contribution in [3.8, 4) is 6.07 Å². The molecule has 0 bridgehead atoms. The van der Waals surface area contributed by atoms with Crippen molar-refractivity contribution in [2.75, 3.05) is 0 Å². The van der Waals surface area contributed by atoms with E-state index >= 15 is 0 Å². The normalized spacial score (nSPS) is 41.5. The van der Waals surface area contributed by atoms with Crippen LogP contribution < -0.4 is 5.32 Å². The first-order valence-corrected chi connectivity index (χ1v) is 13.2. The highest BCUT2D eigenvalue weighted by Crippen LogP contribution is 2.64. The zero-order valence-electron chi connectivity index (χ0n) is 20.1. The van der Waals surface area contributed by atoms with E-state index in [0.29, 0.717) is 22.5 Å². The minimum atomic E-state index is -0.000408. The van der Waals surface area contributed by atoms with Gasteiger partial charge in [-0.2, -0.15) is 5.26 Å². The summed E-state index contributed by atoms with van der Waals surface area (Å²) in [7, 11) is 0. The van der Waals surface area contributed by atoms with Gasteiger partial charge in [0, 0.05) is 11.6 Å². The van der Waals surface area contributed by atoms with E-state index < -0.39 is 0 Å². The second kappa shape index (κ2) is 8.51. The number of carbonyl (C=O) groups excluding carboxylic acids is 1. The van der Waals surface area contributed by atoms with E-state index in [1.165, 1.54) is 57.8 Å². The zero-order chi connectivity index (χ0) is 22.5. The first-order valence-electron chi connectivity index (χ1n) is 13.2. The number of fused-ring (bicyclic) bond motifs is 5. The highest BCUT2D eigenvalue weighted by atomic mass is 16.1. The quantitative estimate of drug-likeness (QED) is 0.586. The monoisotopic (exact) mass is 432 g/mol. The Morgan fingerprint density at radius 1 is 1.03 bits per heavy atom. The van der Waals surface area contributed by atoms with Gasteiger partial charge in [0.05, 0.1) is 11.6 Å². The maximum Gasteiger partial charge on any atom is 0.251 e. The van der Waals surface area contributed by atoms with E-state index in [2.05, 4.69) is 32.2 Å². The number of nitrogens with zero attached hydrogens (tertiary/aromatic N) is 1. The second-order valence-corrected chi connectivity index (χ2v) is 12.0. The molecule has 5 rings (SSSR count). The number of hydrogen-bond acceptors (Lipinski definition) is 2. The highest BCUT2D eigenvalue weighted by Gasteiger charge is 2.57. The Morgan fingerprint density at radius 3 is 2.53 bits per heavy atom. The van der Waals surface area contributed by atoms with Gasteiger partial charge in [-0.15, -0.1) is 0 Å². The van der Waals surface area contributed by atoms with Crippen molar-refractivity contribution in [3.63, 3.8) is 0 Å². The molecule has 0 radical (unpaired) electrons. The maximum absolute atomic E-state index is 12.9. The average Bonchev–Trinajstić information content (AvgIpc) is 3.16. The smallest absolute Gasteiger partial charge is 0.251 e. The molecule has 0 heterocycles. The van der Waals surface area contributed by atoms with E-state index in [4.69, 9.17) is 5.26 Å². The summed E-state index contributed by atoms with van der Waals surface area (Å²) in [5.41, 5.74) is 1.62. The van der Waals surface area contributed by atoms with Crippen molar-refractivity contribution in [3.05, 3.63) is 35.4 Å². The van der Waals surface area contributed by atoms with Gasteiger partial charge in [-0.25, -0.2) is 0 Å². The van der Waals surface area contributed by atoms with E-state index in [1.54, 1.807) is 24.3 Å². The van der Waals surface area contributed by atoms with Crippen LogP contribution in [0.5, 0.6) is 0 Å². The van der Waals surface area contributed by atoms with Crippen molar-refractivity contribution < 1.29 is 4.79 Å². The molecule has 1 aromatic rings. The summed E-state index contributed by atoms with van der Waals surface area (Å²) in [6.07, 6.45) is 12.7. The van der Waals surface area contributed by atoms with E-state index in [-0.39, 0.29) is 11.9 Å². The van der Waals surface area contributed by atoms with Crippen LogP contribution in [0.25, 0.3) is 0 Å². The molecule has 3 unspecified atom stereocenters. The number of nitriles is 1. The third kappa shape index (κ3) is 3.68. The summed E-state index contributed by atoms with van der Waals surface area (Å²) in [5.74, 6) is 6.27. The summed E-state index contributed by atoms with van der Waals surface area (Å²) in [4.78, 5) is 12.9. The summed E-state index contributed by atoms with van der Waals surface area (Å²) >= 11 is 0. The molecule has 0 saturated heterocycles. The number of rotatable bonds is 3. The second-order valence-electron chi connectivity index (χ2n) is 12.0. The molecule has 3 heteroatoms. The van der Waals surface area contributed by atoms with Crippen LogP contribution in [0.4, 0.5) is 0 Å². The van der Waals surface area contributed by atoms with Crippen LogP contribution in [0.1, 0.15) is 94.5 Å². The lowest BCUT2D eigenvalue weighted by molar-refractivity contribution is -0.0698. The summed E-state index contributed by atoms with van der Waals surface area (Å²) in [5, 5.41) is 12.3. The van der Waals surface area contributed by atoms with Crippen LogP contribution in [0.3, 0.4) is 0 Å². The molecule has 32 heavy (non-hydrogen) atoms. The lowest BCUT2D eigenvalue weighted by Crippen LogP contribution is -2.51. The van der Waals surface area contributed by atoms with Gasteiger partial charge in [0.15, 0.2) is 0 Å². The van der Waals surface area contributed by atoms with Crippen molar-refractivity contribution in [2.45, 2.75) is 84.6 Å². The lowest BCUT2D eigenvalue weighted by Gasteiger charge is -2.56. The fraction of sp³-hybridized carbons (Fsp3) is 0.724. The molecule has 172 valence electrons. The number of amides is 1. The van der Waals surface area contributed by atoms with Crippen molar-refractivity contribution >= 4 is 5.91 Å². The van der Waals surface area contributed by atoms with Gasteiger partial charge in [-0.1, -0.05) is 20.3 Å². The van der Waals surface area contributed by atoms with Gasteiger partial charge in [-0.05, 0) is 129 Å². The van der Waals surface area contributed by atoms with Crippen LogP contribution in [-0.2, 0) is 0 Å². The molecule has 0 aromatic heterocycles. The Morgan fingerprint density at radius 2 is 1.78 bits per heavy atom. The molecule has 4 fully saturated rings. The summed E-state index contributed by atoms with van der Waals surface area (Å²) < 4.78 is 0. The molecular weight excluding hydrogens is 392 g/mol. The molecule has 9 atom stereocenters. The highest BCUT2D eigenvalue weighted by molar-refractivity contribution is 5.94. The lowest BCUT2D eigenvalue weighted by atomic mass is 9.49. The van der Waals surface area contributed by atoms with Crippen molar-refractivity contribution in [2.24, 2.45) is 46.8 Å².